The third kappa shape index (κ3) is 3.64. The maximum atomic E-state index is 11.7. The first kappa shape index (κ1) is 11.5. The average molecular weight is 200 g/mol. The Balaban J connectivity index is 2.28. The minimum Gasteiger partial charge on any atom is -0.383 e. The molecule has 0 bridgehead atoms. The van der Waals surface area contributed by atoms with Crippen LogP contribution in [-0.4, -0.2) is 50.2 Å². The summed E-state index contributed by atoms with van der Waals surface area (Å²) >= 11 is 0. The molecule has 0 unspecified atom stereocenters. The Kier molecular flexibility index (Phi) is 4.90. The molecule has 0 aromatic rings. The smallest absolute Gasteiger partial charge is 0.236 e. The molecule has 0 aliphatic heterocycles. The predicted molar refractivity (Wildman–Crippen MR) is 55.2 cm³/mol. The Morgan fingerprint density at radius 3 is 2.79 bits per heavy atom. The number of hydrogen-bond donors (Lipinski definition) is 1. The summed E-state index contributed by atoms with van der Waals surface area (Å²) in [4.78, 5) is 13.6. The highest BCUT2D eigenvalue weighted by Crippen LogP contribution is 2.26. The molecule has 1 fully saturated rings. The SMILES string of the molecule is CCNCC(=O)N(CCOC)C1CC1. The summed E-state index contributed by atoms with van der Waals surface area (Å²) in [5, 5.41) is 3.06. The van der Waals surface area contributed by atoms with Crippen molar-refractivity contribution >= 4 is 5.91 Å². The van der Waals surface area contributed by atoms with E-state index in [-0.39, 0.29) is 5.91 Å². The van der Waals surface area contributed by atoms with E-state index in [4.69, 9.17) is 4.74 Å². The van der Waals surface area contributed by atoms with Gasteiger partial charge in [0.25, 0.3) is 0 Å². The van der Waals surface area contributed by atoms with Crippen LogP contribution >= 0.6 is 0 Å². The van der Waals surface area contributed by atoms with Crippen LogP contribution in [0.4, 0.5) is 0 Å². The Bertz CT molecular complexity index is 181. The fourth-order valence-corrected chi connectivity index (χ4v) is 1.42. The van der Waals surface area contributed by atoms with Crippen molar-refractivity contribution in [2.45, 2.75) is 25.8 Å². The van der Waals surface area contributed by atoms with Gasteiger partial charge in [-0.05, 0) is 19.4 Å². The summed E-state index contributed by atoms with van der Waals surface area (Å²) in [6.07, 6.45) is 2.31. The number of nitrogens with one attached hydrogen (secondary N) is 1. The van der Waals surface area contributed by atoms with Crippen molar-refractivity contribution in [3.8, 4) is 0 Å². The summed E-state index contributed by atoms with van der Waals surface area (Å²) in [6.45, 7) is 4.66. The van der Waals surface area contributed by atoms with Crippen LogP contribution in [0.2, 0.25) is 0 Å². The third-order valence-corrected chi connectivity index (χ3v) is 2.37. The minimum absolute atomic E-state index is 0.200. The summed E-state index contributed by atoms with van der Waals surface area (Å²) < 4.78 is 4.99. The van der Waals surface area contributed by atoms with Crippen molar-refractivity contribution in [1.29, 1.82) is 0 Å². The maximum Gasteiger partial charge on any atom is 0.236 e. The van der Waals surface area contributed by atoms with Gasteiger partial charge in [-0.25, -0.2) is 0 Å². The van der Waals surface area contributed by atoms with Crippen molar-refractivity contribution in [3.63, 3.8) is 0 Å². The number of likely N-dealkylation sites (N-methyl/N-ethyl adjacent to an activating group) is 1. The van der Waals surface area contributed by atoms with E-state index in [1.165, 1.54) is 0 Å². The normalized spacial score (nSPS) is 15.6. The molecule has 0 aromatic carbocycles. The van der Waals surface area contributed by atoms with Crippen LogP contribution in [-0.2, 0) is 9.53 Å². The number of amides is 1. The molecule has 1 aliphatic carbocycles. The largest absolute Gasteiger partial charge is 0.383 e. The molecule has 14 heavy (non-hydrogen) atoms. The van der Waals surface area contributed by atoms with E-state index in [2.05, 4.69) is 5.32 Å². The Morgan fingerprint density at radius 2 is 2.29 bits per heavy atom. The molecule has 0 aromatic heterocycles. The summed E-state index contributed by atoms with van der Waals surface area (Å²) in [5.41, 5.74) is 0. The Morgan fingerprint density at radius 1 is 1.57 bits per heavy atom. The lowest BCUT2D eigenvalue weighted by molar-refractivity contribution is -0.131. The first-order chi connectivity index (χ1) is 6.79. The molecule has 1 saturated carbocycles. The molecule has 0 heterocycles. The molecule has 1 rings (SSSR count). The molecule has 4 nitrogen and oxygen atoms in total. The van der Waals surface area contributed by atoms with Gasteiger partial charge in [0.05, 0.1) is 13.2 Å². The van der Waals surface area contributed by atoms with E-state index in [1.54, 1.807) is 7.11 Å². The lowest BCUT2D eigenvalue weighted by Crippen LogP contribution is -2.41. The lowest BCUT2D eigenvalue weighted by atomic mass is 10.4. The van der Waals surface area contributed by atoms with Gasteiger partial charge in [-0.3, -0.25) is 4.79 Å². The van der Waals surface area contributed by atoms with Gasteiger partial charge in [-0.15, -0.1) is 0 Å². The molecule has 0 atom stereocenters. The van der Waals surface area contributed by atoms with E-state index in [0.717, 1.165) is 25.9 Å². The van der Waals surface area contributed by atoms with Gasteiger partial charge >= 0.3 is 0 Å². The number of carbonyl (C=O) groups excluding carboxylic acids is 1. The van der Waals surface area contributed by atoms with Gasteiger partial charge in [-0.2, -0.15) is 0 Å². The van der Waals surface area contributed by atoms with Gasteiger partial charge in [0.2, 0.25) is 5.91 Å². The molecule has 1 N–H and O–H groups in total. The summed E-state index contributed by atoms with van der Waals surface area (Å²) in [5.74, 6) is 0.200. The van der Waals surface area contributed by atoms with Gasteiger partial charge < -0.3 is 15.0 Å². The third-order valence-electron chi connectivity index (χ3n) is 2.37. The van der Waals surface area contributed by atoms with Crippen LogP contribution in [0.15, 0.2) is 0 Å². The van der Waals surface area contributed by atoms with E-state index in [0.29, 0.717) is 19.2 Å². The maximum absolute atomic E-state index is 11.7. The number of carbonyl (C=O) groups is 1. The number of hydrogen-bond acceptors (Lipinski definition) is 3. The molecule has 82 valence electrons. The summed E-state index contributed by atoms with van der Waals surface area (Å²) in [6, 6.07) is 0.483. The van der Waals surface area contributed by atoms with Crippen LogP contribution in [0.1, 0.15) is 19.8 Å². The Hall–Kier alpha value is -0.610. The first-order valence-corrected chi connectivity index (χ1v) is 5.28. The highest BCUT2D eigenvalue weighted by Gasteiger charge is 2.31. The quantitative estimate of drug-likeness (QED) is 0.640. The number of ether oxygens (including phenoxy) is 1. The molecule has 1 aliphatic rings. The second kappa shape index (κ2) is 5.98. The first-order valence-electron chi connectivity index (χ1n) is 5.28. The fourth-order valence-electron chi connectivity index (χ4n) is 1.42. The zero-order valence-electron chi connectivity index (χ0n) is 9.08. The lowest BCUT2D eigenvalue weighted by Gasteiger charge is -2.22. The van der Waals surface area contributed by atoms with Crippen molar-refractivity contribution < 1.29 is 9.53 Å². The summed E-state index contributed by atoms with van der Waals surface area (Å²) in [7, 11) is 1.67. The molecule has 0 saturated heterocycles. The van der Waals surface area contributed by atoms with Crippen molar-refractivity contribution in [3.05, 3.63) is 0 Å². The van der Waals surface area contributed by atoms with E-state index >= 15 is 0 Å². The predicted octanol–water partition coefficient (Wildman–Crippen LogP) is 0.233. The average Bonchev–Trinajstić information content (AvgIpc) is 2.99. The van der Waals surface area contributed by atoms with E-state index in [9.17, 15) is 4.79 Å². The van der Waals surface area contributed by atoms with Gasteiger partial charge in [-0.1, -0.05) is 6.92 Å². The molecule has 1 amide bonds. The molecule has 4 heteroatoms. The second-order valence-electron chi connectivity index (χ2n) is 3.59. The highest BCUT2D eigenvalue weighted by atomic mass is 16.5. The number of nitrogens with zero attached hydrogens (tertiary/aromatic N) is 1. The van der Waals surface area contributed by atoms with E-state index in [1.807, 2.05) is 11.8 Å². The number of rotatable bonds is 7. The van der Waals surface area contributed by atoms with Crippen molar-refractivity contribution in [2.75, 3.05) is 33.4 Å². The van der Waals surface area contributed by atoms with Crippen LogP contribution < -0.4 is 5.32 Å². The topological polar surface area (TPSA) is 41.6 Å². The van der Waals surface area contributed by atoms with Crippen molar-refractivity contribution in [2.24, 2.45) is 0 Å². The van der Waals surface area contributed by atoms with E-state index < -0.39 is 0 Å². The van der Waals surface area contributed by atoms with Gasteiger partial charge in [0.15, 0.2) is 0 Å². The molecule has 0 radical (unpaired) electrons. The second-order valence-corrected chi connectivity index (χ2v) is 3.59. The van der Waals surface area contributed by atoms with Crippen molar-refractivity contribution in [1.82, 2.24) is 10.2 Å². The van der Waals surface area contributed by atoms with Crippen LogP contribution in [0, 0.1) is 0 Å². The molecular formula is C10H20N2O2. The standard InChI is InChI=1S/C10H20N2O2/c1-3-11-8-10(13)12(6-7-14-2)9-4-5-9/h9,11H,3-8H2,1-2H3. The van der Waals surface area contributed by atoms with Gasteiger partial charge in [0, 0.05) is 19.7 Å². The zero-order chi connectivity index (χ0) is 10.4. The van der Waals surface area contributed by atoms with Crippen LogP contribution in [0.5, 0.6) is 0 Å². The molecule has 0 spiro atoms. The monoisotopic (exact) mass is 200 g/mol. The minimum atomic E-state index is 0.200. The highest BCUT2D eigenvalue weighted by molar-refractivity contribution is 5.78. The van der Waals surface area contributed by atoms with Crippen LogP contribution in [0.3, 0.4) is 0 Å². The Labute approximate surface area is 85.6 Å². The van der Waals surface area contributed by atoms with Crippen LogP contribution in [0.25, 0.3) is 0 Å². The number of methoxy groups -OCH3 is 1. The molecular weight excluding hydrogens is 180 g/mol. The van der Waals surface area contributed by atoms with Gasteiger partial charge in [0.1, 0.15) is 0 Å². The zero-order valence-corrected chi connectivity index (χ0v) is 9.08. The fraction of sp³-hybridized carbons (Fsp3) is 0.900.